The number of ether oxygens (including phenoxy) is 1. The van der Waals surface area contributed by atoms with Gasteiger partial charge in [-0.15, -0.1) is 0 Å². The van der Waals surface area contributed by atoms with Crippen LogP contribution in [0.5, 0.6) is 0 Å². The lowest BCUT2D eigenvalue weighted by atomic mass is 10.1. The topological polar surface area (TPSA) is 150 Å². The molecule has 1 unspecified atom stereocenters. The van der Waals surface area contributed by atoms with E-state index < -0.39 is 22.0 Å². The van der Waals surface area contributed by atoms with Gasteiger partial charge in [0.2, 0.25) is 5.91 Å². The van der Waals surface area contributed by atoms with E-state index in [1.807, 2.05) is 0 Å². The highest BCUT2D eigenvalue weighted by Gasteiger charge is 2.25. The van der Waals surface area contributed by atoms with E-state index in [9.17, 15) is 19.7 Å². The molecule has 10 nitrogen and oxygen atoms in total. The highest BCUT2D eigenvalue weighted by Crippen LogP contribution is 2.35. The van der Waals surface area contributed by atoms with Crippen molar-refractivity contribution in [2.75, 3.05) is 17.7 Å². The van der Waals surface area contributed by atoms with Gasteiger partial charge in [-0.1, -0.05) is 53.7 Å². The lowest BCUT2D eigenvalue weighted by Gasteiger charge is -2.16. The third-order valence-corrected chi connectivity index (χ3v) is 5.71. The van der Waals surface area contributed by atoms with Crippen molar-refractivity contribution < 1.29 is 19.2 Å². The molecule has 12 heteroatoms. The van der Waals surface area contributed by atoms with Crippen molar-refractivity contribution in [3.63, 3.8) is 0 Å². The number of nitrogens with zero attached hydrogens (tertiary/aromatic N) is 3. The molecule has 0 aliphatic heterocycles. The Labute approximate surface area is 197 Å². The lowest BCUT2D eigenvalue weighted by molar-refractivity contribution is -0.384. The number of esters is 1. The first-order chi connectivity index (χ1) is 15.8. The number of rotatable bonds is 8. The largest absolute Gasteiger partial charge is 0.462 e. The van der Waals surface area contributed by atoms with Gasteiger partial charge in [-0.05, 0) is 24.6 Å². The van der Waals surface area contributed by atoms with Crippen LogP contribution >= 0.6 is 23.4 Å². The molecular formula is C21H18ClN5O5S. The second-order valence-electron chi connectivity index (χ2n) is 6.49. The highest BCUT2D eigenvalue weighted by molar-refractivity contribution is 8.00. The van der Waals surface area contributed by atoms with Crippen molar-refractivity contribution in [1.82, 2.24) is 9.97 Å². The van der Waals surface area contributed by atoms with E-state index in [0.29, 0.717) is 5.56 Å². The number of anilines is 2. The number of thioether (sulfide) groups is 1. The molecule has 1 aromatic heterocycles. The lowest BCUT2D eigenvalue weighted by Crippen LogP contribution is -2.19. The first-order valence-corrected chi connectivity index (χ1v) is 10.8. The maximum Gasteiger partial charge on any atom is 0.343 e. The molecule has 0 saturated carbocycles. The van der Waals surface area contributed by atoms with Gasteiger partial charge in [0.25, 0.3) is 5.69 Å². The van der Waals surface area contributed by atoms with Crippen molar-refractivity contribution in [3.8, 4) is 0 Å². The molecule has 0 aliphatic rings. The smallest absolute Gasteiger partial charge is 0.343 e. The van der Waals surface area contributed by atoms with E-state index in [1.54, 1.807) is 37.3 Å². The Kier molecular flexibility index (Phi) is 7.80. The third kappa shape index (κ3) is 5.96. The minimum Gasteiger partial charge on any atom is -0.462 e. The third-order valence-electron chi connectivity index (χ3n) is 4.27. The molecule has 0 aliphatic carbocycles. The summed E-state index contributed by atoms with van der Waals surface area (Å²) in [5.74, 6) is -1.20. The Morgan fingerprint density at radius 1 is 1.27 bits per heavy atom. The van der Waals surface area contributed by atoms with Crippen LogP contribution in [-0.2, 0) is 9.53 Å². The monoisotopic (exact) mass is 487 g/mol. The van der Waals surface area contributed by atoms with E-state index in [0.717, 1.165) is 11.8 Å². The number of benzene rings is 2. The Balaban J connectivity index is 1.88. The zero-order valence-corrected chi connectivity index (χ0v) is 18.8. The molecule has 33 heavy (non-hydrogen) atoms. The van der Waals surface area contributed by atoms with Crippen molar-refractivity contribution in [1.29, 1.82) is 0 Å². The van der Waals surface area contributed by atoms with Gasteiger partial charge >= 0.3 is 5.97 Å². The van der Waals surface area contributed by atoms with Crippen LogP contribution in [0.1, 0.15) is 28.1 Å². The zero-order valence-electron chi connectivity index (χ0n) is 17.2. The average Bonchev–Trinajstić information content (AvgIpc) is 2.79. The summed E-state index contributed by atoms with van der Waals surface area (Å²) >= 11 is 6.85. The van der Waals surface area contributed by atoms with Gasteiger partial charge in [-0.25, -0.2) is 14.8 Å². The van der Waals surface area contributed by atoms with Crippen LogP contribution in [0.3, 0.4) is 0 Å². The number of carbonyl (C=O) groups excluding carboxylic acids is 2. The number of nitrogens with one attached hydrogen (secondary N) is 1. The molecule has 0 spiro atoms. The molecule has 1 atom stereocenters. The van der Waals surface area contributed by atoms with E-state index in [2.05, 4.69) is 15.3 Å². The normalized spacial score (nSPS) is 11.5. The fraction of sp³-hybridized carbons (Fsp3) is 0.143. The molecule has 0 bridgehead atoms. The summed E-state index contributed by atoms with van der Waals surface area (Å²) in [5, 5.41) is 13.1. The van der Waals surface area contributed by atoms with Crippen LogP contribution in [0.4, 0.5) is 17.2 Å². The average molecular weight is 488 g/mol. The Morgan fingerprint density at radius 2 is 2.00 bits per heavy atom. The molecule has 0 radical (unpaired) electrons. The van der Waals surface area contributed by atoms with E-state index in [-0.39, 0.29) is 39.5 Å². The Bertz CT molecular complexity index is 1190. The second-order valence-corrected chi connectivity index (χ2v) is 7.97. The molecule has 0 fully saturated rings. The van der Waals surface area contributed by atoms with Crippen LogP contribution in [0.2, 0.25) is 5.02 Å². The molecule has 3 N–H and O–H groups in total. The number of nitro groups is 1. The molecule has 2 aromatic carbocycles. The van der Waals surface area contributed by atoms with E-state index in [1.165, 1.54) is 24.4 Å². The zero-order chi connectivity index (χ0) is 24.0. The number of nitrogen functional groups attached to an aromatic ring is 1. The number of hydrogen-bond donors (Lipinski definition) is 2. The highest BCUT2D eigenvalue weighted by atomic mass is 35.5. The van der Waals surface area contributed by atoms with Gasteiger partial charge in [-0.3, -0.25) is 14.9 Å². The summed E-state index contributed by atoms with van der Waals surface area (Å²) < 4.78 is 4.91. The van der Waals surface area contributed by atoms with Crippen molar-refractivity contribution in [3.05, 3.63) is 81.0 Å². The van der Waals surface area contributed by atoms with E-state index >= 15 is 0 Å². The standard InChI is InChI=1S/C21H18ClN5O5S/c1-2-32-20(29)14-11-24-21(26-18(14)23)33-17(12-6-4-3-5-7-12)19(28)25-13-8-9-15(22)16(10-13)27(30)31/h3-11,17H,2H2,1H3,(H,25,28)(H2,23,24,26). The summed E-state index contributed by atoms with van der Waals surface area (Å²) in [7, 11) is 0. The number of amides is 1. The van der Waals surface area contributed by atoms with Crippen molar-refractivity contribution in [2.45, 2.75) is 17.3 Å². The summed E-state index contributed by atoms with van der Waals surface area (Å²) in [5.41, 5.74) is 6.42. The minimum atomic E-state index is -0.825. The number of nitrogens with two attached hydrogens (primary N) is 1. The van der Waals surface area contributed by atoms with Crippen LogP contribution in [0, 0.1) is 10.1 Å². The first kappa shape index (κ1) is 24.0. The maximum absolute atomic E-state index is 13.1. The molecule has 0 saturated heterocycles. The molecule has 1 amide bonds. The van der Waals surface area contributed by atoms with Gasteiger partial charge in [0.05, 0.1) is 11.5 Å². The van der Waals surface area contributed by atoms with Crippen LogP contribution in [-0.4, -0.2) is 33.4 Å². The van der Waals surface area contributed by atoms with E-state index in [4.69, 9.17) is 22.1 Å². The Morgan fingerprint density at radius 3 is 2.64 bits per heavy atom. The summed E-state index contributed by atoms with van der Waals surface area (Å²) in [6, 6.07) is 12.8. The van der Waals surface area contributed by atoms with Crippen LogP contribution in [0.15, 0.2) is 59.9 Å². The second kappa shape index (κ2) is 10.7. The first-order valence-electron chi connectivity index (χ1n) is 9.56. The molecule has 3 aromatic rings. The van der Waals surface area contributed by atoms with Crippen molar-refractivity contribution >= 4 is 52.4 Å². The number of hydrogen-bond acceptors (Lipinski definition) is 9. The SMILES string of the molecule is CCOC(=O)c1cnc(SC(C(=O)Nc2ccc(Cl)c([N+](=O)[O-])c2)c2ccccc2)nc1N. The summed E-state index contributed by atoms with van der Waals surface area (Å²) in [6.07, 6.45) is 1.24. The molecular weight excluding hydrogens is 470 g/mol. The van der Waals surface area contributed by atoms with Crippen LogP contribution in [0.25, 0.3) is 0 Å². The summed E-state index contributed by atoms with van der Waals surface area (Å²) in [6.45, 7) is 1.84. The summed E-state index contributed by atoms with van der Waals surface area (Å²) in [4.78, 5) is 43.8. The maximum atomic E-state index is 13.1. The minimum absolute atomic E-state index is 0.0235. The number of carbonyl (C=O) groups is 2. The molecule has 3 rings (SSSR count). The van der Waals surface area contributed by atoms with Crippen molar-refractivity contribution in [2.24, 2.45) is 0 Å². The Hall–Kier alpha value is -3.70. The quantitative estimate of drug-likeness (QED) is 0.156. The molecule has 1 heterocycles. The fourth-order valence-electron chi connectivity index (χ4n) is 2.75. The van der Waals surface area contributed by atoms with Gasteiger partial charge in [0.15, 0.2) is 5.16 Å². The molecule has 170 valence electrons. The van der Waals surface area contributed by atoms with Gasteiger partial charge < -0.3 is 15.8 Å². The number of nitro benzene ring substituents is 1. The van der Waals surface area contributed by atoms with Gasteiger partial charge in [0.1, 0.15) is 21.7 Å². The number of aromatic nitrogens is 2. The van der Waals surface area contributed by atoms with Crippen LogP contribution < -0.4 is 11.1 Å². The van der Waals surface area contributed by atoms with Gasteiger partial charge in [-0.2, -0.15) is 0 Å². The number of halogens is 1. The van der Waals surface area contributed by atoms with Gasteiger partial charge in [0, 0.05) is 18.0 Å². The fourth-order valence-corrected chi connectivity index (χ4v) is 3.87. The predicted molar refractivity (Wildman–Crippen MR) is 124 cm³/mol. The predicted octanol–water partition coefficient (Wildman–Crippen LogP) is 4.27.